The average molecular weight is 680 g/mol. The van der Waals surface area contributed by atoms with Crippen molar-refractivity contribution in [1.29, 1.82) is 0 Å². The molecule has 0 heterocycles. The molecule has 0 aromatic carbocycles. The number of amides is 1. The van der Waals surface area contributed by atoms with Gasteiger partial charge in [-0.25, -0.2) is 9.36 Å². The molecule has 0 radical (unpaired) electrons. The van der Waals surface area contributed by atoms with Gasteiger partial charge in [-0.05, 0) is 25.7 Å². The minimum atomic E-state index is -4.18. The molecule has 0 bridgehead atoms. The number of unbranched alkanes of at least 4 members (excludes halogenated alkanes) is 22. The maximum atomic E-state index is 12.2. The largest absolute Gasteiger partial charge is 0.472 e. The zero-order chi connectivity index (χ0) is 34.2. The summed E-state index contributed by atoms with van der Waals surface area (Å²) in [4.78, 5) is 22.0. The second-order valence-electron chi connectivity index (χ2n) is 14.1. The van der Waals surface area contributed by atoms with Crippen molar-refractivity contribution in [2.45, 2.75) is 167 Å². The number of hydrogen-bond donors (Lipinski definition) is 2. The summed E-state index contributed by atoms with van der Waals surface area (Å²) in [6, 6.07) is 0. The molecule has 0 spiro atoms. The second kappa shape index (κ2) is 31.6. The summed E-state index contributed by atoms with van der Waals surface area (Å²) in [5.41, 5.74) is 0. The molecule has 2 atom stereocenters. The number of carbonyl (C=O) groups excluding carboxylic acids is 1. The van der Waals surface area contributed by atoms with Crippen LogP contribution in [0, 0.1) is 0 Å². The Hall–Kier alpha value is -0.700. The van der Waals surface area contributed by atoms with Crippen molar-refractivity contribution in [1.82, 2.24) is 5.32 Å². The Bertz CT molecular complexity index is 721. The van der Waals surface area contributed by atoms with Gasteiger partial charge in [0.2, 0.25) is 0 Å². The molecule has 0 saturated carbocycles. The lowest BCUT2D eigenvalue weighted by atomic mass is 10.0. The Morgan fingerprint density at radius 3 is 1.54 bits per heavy atom. The highest BCUT2D eigenvalue weighted by atomic mass is 31.2. The van der Waals surface area contributed by atoms with Crippen LogP contribution in [0.25, 0.3) is 0 Å². The van der Waals surface area contributed by atoms with Gasteiger partial charge in [0.05, 0.1) is 40.9 Å². The van der Waals surface area contributed by atoms with Gasteiger partial charge in [0.25, 0.3) is 0 Å². The van der Waals surface area contributed by atoms with Crippen LogP contribution in [0.3, 0.4) is 0 Å². The van der Waals surface area contributed by atoms with E-state index in [2.05, 4.69) is 33.4 Å². The van der Waals surface area contributed by atoms with Crippen molar-refractivity contribution < 1.29 is 37.3 Å². The van der Waals surface area contributed by atoms with Gasteiger partial charge in [0, 0.05) is 13.7 Å². The Labute approximate surface area is 284 Å². The van der Waals surface area contributed by atoms with E-state index >= 15 is 0 Å². The van der Waals surface area contributed by atoms with Crippen LogP contribution in [0.2, 0.25) is 0 Å². The van der Waals surface area contributed by atoms with Crippen molar-refractivity contribution in [3.05, 3.63) is 0 Å². The fraction of sp³-hybridized carbons (Fsp3) is 0.972. The van der Waals surface area contributed by atoms with E-state index < -0.39 is 20.0 Å². The highest BCUT2D eigenvalue weighted by Gasteiger charge is 2.24. The van der Waals surface area contributed by atoms with E-state index in [1.54, 1.807) is 0 Å². The predicted molar refractivity (Wildman–Crippen MR) is 191 cm³/mol. The van der Waals surface area contributed by atoms with Gasteiger partial charge in [-0.1, -0.05) is 135 Å². The highest BCUT2D eigenvalue weighted by molar-refractivity contribution is 7.47. The summed E-state index contributed by atoms with van der Waals surface area (Å²) in [5, 5.41) is 2.76. The van der Waals surface area contributed by atoms with E-state index in [-0.39, 0.29) is 19.8 Å². The van der Waals surface area contributed by atoms with Crippen LogP contribution in [-0.2, 0) is 23.1 Å². The van der Waals surface area contributed by atoms with Crippen LogP contribution in [0.15, 0.2) is 0 Å². The molecule has 0 aromatic rings. The maximum absolute atomic E-state index is 12.2. The molecule has 0 aromatic heterocycles. The first kappa shape index (κ1) is 45.3. The van der Waals surface area contributed by atoms with Crippen LogP contribution in [0.5, 0.6) is 0 Å². The summed E-state index contributed by atoms with van der Waals surface area (Å²) >= 11 is 0. The third kappa shape index (κ3) is 34.6. The standard InChI is InChI=1S/C36H75N2O7P/c1-6-7-8-9-10-11-12-13-14-15-16-17-18-21-24-27-30-37-36(39)43-33-35(42-5)34-45-46(40,41)44-32-29-26-23-20-19-22-25-28-31-38(2,3)4/h35H,6-34H2,1-5H3,(H-,37,39,40,41)/p+1. The van der Waals surface area contributed by atoms with Crippen molar-refractivity contribution in [3.8, 4) is 0 Å². The van der Waals surface area contributed by atoms with Crippen LogP contribution >= 0.6 is 7.82 Å². The molecule has 0 aliphatic carbocycles. The van der Waals surface area contributed by atoms with E-state index in [4.69, 9.17) is 18.5 Å². The summed E-state index contributed by atoms with van der Waals surface area (Å²) in [7, 11) is 3.95. The third-order valence-electron chi connectivity index (χ3n) is 8.43. The molecule has 46 heavy (non-hydrogen) atoms. The fourth-order valence-corrected chi connectivity index (χ4v) is 6.20. The van der Waals surface area contributed by atoms with E-state index in [0.717, 1.165) is 30.2 Å². The Morgan fingerprint density at radius 1 is 0.652 bits per heavy atom. The molecule has 276 valence electrons. The van der Waals surface area contributed by atoms with E-state index in [0.29, 0.717) is 13.0 Å². The van der Waals surface area contributed by atoms with Gasteiger partial charge in [-0.15, -0.1) is 0 Å². The number of hydrogen-bond acceptors (Lipinski definition) is 6. The quantitative estimate of drug-likeness (QED) is 0.0390. The van der Waals surface area contributed by atoms with E-state index in [1.165, 1.54) is 136 Å². The second-order valence-corrected chi connectivity index (χ2v) is 15.6. The number of phosphoric acid groups is 1. The molecule has 9 nitrogen and oxygen atoms in total. The van der Waals surface area contributed by atoms with Crippen molar-refractivity contribution >= 4 is 13.9 Å². The lowest BCUT2D eigenvalue weighted by molar-refractivity contribution is -0.870. The molecule has 10 heteroatoms. The molecule has 2 N–H and O–H groups in total. The lowest BCUT2D eigenvalue weighted by Gasteiger charge is -2.23. The smallest absolute Gasteiger partial charge is 0.447 e. The minimum absolute atomic E-state index is 0.0728. The Morgan fingerprint density at radius 2 is 1.09 bits per heavy atom. The van der Waals surface area contributed by atoms with Crippen LogP contribution in [0.4, 0.5) is 4.79 Å². The Kier molecular flexibility index (Phi) is 31.1. The predicted octanol–water partition coefficient (Wildman–Crippen LogP) is 9.95. The number of ether oxygens (including phenoxy) is 2. The average Bonchev–Trinajstić information content (AvgIpc) is 3.00. The van der Waals surface area contributed by atoms with Gasteiger partial charge in [-0.2, -0.15) is 0 Å². The molecule has 0 aliphatic heterocycles. The van der Waals surface area contributed by atoms with Crippen molar-refractivity contribution in [2.24, 2.45) is 0 Å². The maximum Gasteiger partial charge on any atom is 0.472 e. The molecular formula is C36H76N2O7P+. The fourth-order valence-electron chi connectivity index (χ4n) is 5.41. The van der Waals surface area contributed by atoms with Crippen molar-refractivity contribution in [2.75, 3.05) is 61.2 Å². The number of phosphoric ester groups is 1. The SMILES string of the molecule is CCCCCCCCCCCCCCCCCCNC(=O)OCC(COP(=O)(O)OCCCCCCCCCC[N+](C)(C)C)OC. The number of methoxy groups -OCH3 is 1. The first-order valence-corrected chi connectivity index (χ1v) is 20.4. The number of nitrogens with zero attached hydrogens (tertiary/aromatic N) is 1. The van der Waals surface area contributed by atoms with Crippen molar-refractivity contribution in [3.63, 3.8) is 0 Å². The number of alkyl carbamates (subject to hydrolysis) is 1. The monoisotopic (exact) mass is 680 g/mol. The molecule has 0 aliphatic rings. The molecule has 1 amide bonds. The summed E-state index contributed by atoms with van der Waals surface area (Å²) < 4.78 is 33.8. The summed E-state index contributed by atoms with van der Waals surface area (Å²) in [6.07, 6.45) is 28.8. The van der Waals surface area contributed by atoms with E-state index in [1.807, 2.05) is 0 Å². The number of carbonyl (C=O) groups is 1. The summed E-state index contributed by atoms with van der Waals surface area (Å²) in [6.45, 7) is 3.96. The van der Waals surface area contributed by atoms with E-state index in [9.17, 15) is 14.3 Å². The van der Waals surface area contributed by atoms with Gasteiger partial charge in [-0.3, -0.25) is 9.05 Å². The molecule has 2 unspecified atom stereocenters. The number of quaternary nitrogens is 1. The molecule has 0 fully saturated rings. The zero-order valence-electron chi connectivity index (χ0n) is 30.9. The third-order valence-corrected chi connectivity index (χ3v) is 9.42. The lowest BCUT2D eigenvalue weighted by Crippen LogP contribution is -2.35. The highest BCUT2D eigenvalue weighted by Crippen LogP contribution is 2.43. The first-order chi connectivity index (χ1) is 22.1. The van der Waals surface area contributed by atoms with Gasteiger partial charge >= 0.3 is 13.9 Å². The number of nitrogens with one attached hydrogen (secondary N) is 1. The number of rotatable bonds is 35. The first-order valence-electron chi connectivity index (χ1n) is 19.0. The molecular weight excluding hydrogens is 603 g/mol. The van der Waals surface area contributed by atoms with Gasteiger partial charge in [0.1, 0.15) is 12.7 Å². The minimum Gasteiger partial charge on any atom is -0.447 e. The van der Waals surface area contributed by atoms with Crippen LogP contribution < -0.4 is 5.32 Å². The summed E-state index contributed by atoms with van der Waals surface area (Å²) in [5.74, 6) is 0. The molecule has 0 saturated heterocycles. The van der Waals surface area contributed by atoms with Crippen LogP contribution in [-0.4, -0.2) is 82.7 Å². The van der Waals surface area contributed by atoms with Gasteiger partial charge < -0.3 is 24.2 Å². The topological polar surface area (TPSA) is 103 Å². The van der Waals surface area contributed by atoms with Crippen LogP contribution in [0.1, 0.15) is 161 Å². The van der Waals surface area contributed by atoms with Gasteiger partial charge in [0.15, 0.2) is 0 Å². The zero-order valence-corrected chi connectivity index (χ0v) is 31.8. The molecule has 0 rings (SSSR count). The Balaban J connectivity index is 3.62. The normalized spacial score (nSPS) is 13.9.